The van der Waals surface area contributed by atoms with E-state index in [0.717, 1.165) is 4.68 Å². The fourth-order valence-electron chi connectivity index (χ4n) is 2.12. The summed E-state index contributed by atoms with van der Waals surface area (Å²) in [5.41, 5.74) is 0.738. The molecule has 0 saturated heterocycles. The lowest BCUT2D eigenvalue weighted by atomic mass is 10.1. The van der Waals surface area contributed by atoms with Gasteiger partial charge in [0.1, 0.15) is 11.3 Å². The number of carbonyl (C=O) groups excluding carboxylic acids is 2. The van der Waals surface area contributed by atoms with E-state index in [4.69, 9.17) is 0 Å². The van der Waals surface area contributed by atoms with Crippen LogP contribution in [0.15, 0.2) is 10.9 Å². The third kappa shape index (κ3) is 2.98. The number of methoxy groups -OCH3 is 1. The fourth-order valence-corrected chi connectivity index (χ4v) is 2.12. The van der Waals surface area contributed by atoms with Crippen molar-refractivity contribution in [1.82, 2.24) is 19.6 Å². The molecule has 2 aromatic heterocycles. The van der Waals surface area contributed by atoms with Crippen molar-refractivity contribution < 1.29 is 14.3 Å². The van der Waals surface area contributed by atoms with E-state index in [1.807, 2.05) is 0 Å². The van der Waals surface area contributed by atoms with Gasteiger partial charge in [-0.1, -0.05) is 0 Å². The van der Waals surface area contributed by atoms with Gasteiger partial charge in [0.2, 0.25) is 0 Å². The van der Waals surface area contributed by atoms with Crippen LogP contribution in [0, 0.1) is 13.8 Å². The van der Waals surface area contributed by atoms with Crippen LogP contribution in [0.2, 0.25) is 0 Å². The molecule has 0 aliphatic rings. The van der Waals surface area contributed by atoms with Crippen molar-refractivity contribution in [2.45, 2.75) is 13.8 Å². The minimum atomic E-state index is -0.608. The molecule has 0 bridgehead atoms. The second-order valence-electron chi connectivity index (χ2n) is 5.00. The van der Waals surface area contributed by atoms with Crippen molar-refractivity contribution in [2.24, 2.45) is 14.1 Å². The number of aromatic nitrogens is 4. The van der Waals surface area contributed by atoms with Gasteiger partial charge in [-0.3, -0.25) is 14.3 Å². The zero-order valence-electron chi connectivity index (χ0n) is 13.5. The van der Waals surface area contributed by atoms with E-state index >= 15 is 0 Å². The van der Waals surface area contributed by atoms with Crippen molar-refractivity contribution in [2.75, 3.05) is 12.4 Å². The maximum Gasteiger partial charge on any atom is 0.356 e. The van der Waals surface area contributed by atoms with Crippen LogP contribution in [0.25, 0.3) is 0 Å². The second-order valence-corrected chi connectivity index (χ2v) is 5.00. The normalized spacial score (nSPS) is 10.5. The van der Waals surface area contributed by atoms with Gasteiger partial charge in [-0.25, -0.2) is 9.48 Å². The first kappa shape index (κ1) is 16.4. The molecule has 0 aromatic carbocycles. The topological polar surface area (TPSA) is 108 Å². The molecule has 9 nitrogen and oxygen atoms in total. The predicted molar refractivity (Wildman–Crippen MR) is 81.5 cm³/mol. The van der Waals surface area contributed by atoms with Crippen LogP contribution in [-0.4, -0.2) is 38.5 Å². The largest absolute Gasteiger partial charge is 0.464 e. The van der Waals surface area contributed by atoms with Gasteiger partial charge in [0.25, 0.3) is 11.5 Å². The van der Waals surface area contributed by atoms with Gasteiger partial charge in [-0.05, 0) is 19.4 Å². The number of hydrogen-bond donors (Lipinski definition) is 1. The van der Waals surface area contributed by atoms with E-state index in [0.29, 0.717) is 11.3 Å². The number of ether oxygens (including phenoxy) is 1. The summed E-state index contributed by atoms with van der Waals surface area (Å²) < 4.78 is 7.00. The van der Waals surface area contributed by atoms with Crippen molar-refractivity contribution in [3.8, 4) is 0 Å². The molecule has 2 rings (SSSR count). The van der Waals surface area contributed by atoms with Gasteiger partial charge >= 0.3 is 5.97 Å². The Morgan fingerprint density at radius 1 is 1.17 bits per heavy atom. The number of anilines is 1. The van der Waals surface area contributed by atoms with E-state index < -0.39 is 17.4 Å². The summed E-state index contributed by atoms with van der Waals surface area (Å²) in [6, 6.07) is 1.37. The lowest BCUT2D eigenvalue weighted by Gasteiger charge is -2.09. The number of esters is 1. The van der Waals surface area contributed by atoms with Crippen LogP contribution in [0.4, 0.5) is 5.82 Å². The first-order chi connectivity index (χ1) is 10.8. The van der Waals surface area contributed by atoms with Crippen LogP contribution in [-0.2, 0) is 18.8 Å². The third-order valence-corrected chi connectivity index (χ3v) is 3.47. The van der Waals surface area contributed by atoms with Gasteiger partial charge in [-0.2, -0.15) is 10.2 Å². The lowest BCUT2D eigenvalue weighted by Crippen LogP contribution is -2.31. The molecule has 2 aromatic rings. The molecule has 2 heterocycles. The number of rotatable bonds is 3. The Kier molecular flexibility index (Phi) is 4.30. The minimum Gasteiger partial charge on any atom is -0.464 e. The monoisotopic (exact) mass is 319 g/mol. The van der Waals surface area contributed by atoms with E-state index in [2.05, 4.69) is 20.3 Å². The van der Waals surface area contributed by atoms with Gasteiger partial charge in [0.15, 0.2) is 5.82 Å². The Morgan fingerprint density at radius 2 is 1.83 bits per heavy atom. The van der Waals surface area contributed by atoms with Crippen molar-refractivity contribution >= 4 is 17.7 Å². The first-order valence-electron chi connectivity index (χ1n) is 6.74. The van der Waals surface area contributed by atoms with Gasteiger partial charge in [0, 0.05) is 20.2 Å². The smallest absolute Gasteiger partial charge is 0.356 e. The highest BCUT2D eigenvalue weighted by Gasteiger charge is 2.20. The van der Waals surface area contributed by atoms with Crippen LogP contribution in [0.1, 0.15) is 32.1 Å². The molecule has 0 unspecified atom stereocenters. The van der Waals surface area contributed by atoms with Crippen molar-refractivity contribution in [1.29, 1.82) is 0 Å². The van der Waals surface area contributed by atoms with Gasteiger partial charge < -0.3 is 10.1 Å². The Morgan fingerprint density at radius 3 is 2.43 bits per heavy atom. The molecule has 0 saturated carbocycles. The molecule has 0 atom stereocenters. The number of nitrogens with one attached hydrogen (secondary N) is 1. The zero-order valence-corrected chi connectivity index (χ0v) is 13.5. The Bertz CT molecular complexity index is 850. The average molecular weight is 319 g/mol. The number of nitrogens with zero attached hydrogens (tertiary/aromatic N) is 4. The maximum absolute atomic E-state index is 12.4. The van der Waals surface area contributed by atoms with Crippen LogP contribution < -0.4 is 10.9 Å². The summed E-state index contributed by atoms with van der Waals surface area (Å²) in [4.78, 5) is 36.1. The van der Waals surface area contributed by atoms with Crippen molar-refractivity contribution in [3.05, 3.63) is 38.9 Å². The summed E-state index contributed by atoms with van der Waals surface area (Å²) in [5, 5.41) is 10.5. The summed E-state index contributed by atoms with van der Waals surface area (Å²) in [6.07, 6.45) is 0. The Labute approximate surface area is 131 Å². The molecule has 0 fully saturated rings. The van der Waals surface area contributed by atoms with E-state index in [1.54, 1.807) is 20.9 Å². The molecular weight excluding hydrogens is 302 g/mol. The molecule has 1 amide bonds. The Balaban J connectivity index is 2.38. The highest BCUT2D eigenvalue weighted by atomic mass is 16.5. The number of carbonyl (C=O) groups is 2. The molecule has 0 radical (unpaired) electrons. The van der Waals surface area contributed by atoms with Gasteiger partial charge in [-0.15, -0.1) is 0 Å². The quantitative estimate of drug-likeness (QED) is 0.808. The zero-order chi connectivity index (χ0) is 17.3. The van der Waals surface area contributed by atoms with Gasteiger partial charge in [0.05, 0.1) is 12.8 Å². The minimum absolute atomic E-state index is 0.00901. The molecule has 0 spiro atoms. The molecule has 0 aliphatic carbocycles. The molecule has 23 heavy (non-hydrogen) atoms. The summed E-state index contributed by atoms with van der Waals surface area (Å²) in [5.74, 6) is -1.04. The summed E-state index contributed by atoms with van der Waals surface area (Å²) >= 11 is 0. The van der Waals surface area contributed by atoms with Crippen molar-refractivity contribution in [3.63, 3.8) is 0 Å². The lowest BCUT2D eigenvalue weighted by molar-refractivity contribution is 0.0588. The highest BCUT2D eigenvalue weighted by molar-refractivity contribution is 6.05. The fraction of sp³-hybridized carbons (Fsp3) is 0.357. The number of hydrogen-bond acceptors (Lipinski definition) is 6. The van der Waals surface area contributed by atoms with Crippen LogP contribution >= 0.6 is 0 Å². The molecule has 0 aliphatic heterocycles. The average Bonchev–Trinajstić information content (AvgIpc) is 2.85. The molecule has 9 heteroatoms. The number of aryl methyl sites for hydroxylation is 3. The van der Waals surface area contributed by atoms with E-state index in [1.165, 1.54) is 24.9 Å². The summed E-state index contributed by atoms with van der Waals surface area (Å²) in [7, 11) is 4.27. The first-order valence-corrected chi connectivity index (χ1v) is 6.74. The second kappa shape index (κ2) is 6.03. The summed E-state index contributed by atoms with van der Waals surface area (Å²) in [6.45, 7) is 3.36. The number of amides is 1. The highest BCUT2D eigenvalue weighted by Crippen LogP contribution is 2.12. The molecule has 1 N–H and O–H groups in total. The SMILES string of the molecule is COC(=O)c1cc(NC(=O)c2c(C)c(C)nn(C)c2=O)nn1C. The molecular formula is C14H17N5O4. The van der Waals surface area contributed by atoms with E-state index in [9.17, 15) is 14.4 Å². The van der Waals surface area contributed by atoms with Crippen LogP contribution in [0.5, 0.6) is 0 Å². The Hall–Kier alpha value is -2.97. The van der Waals surface area contributed by atoms with E-state index in [-0.39, 0.29) is 17.1 Å². The maximum atomic E-state index is 12.4. The standard InChI is InChI=1S/C14H17N5O4/c1-7-8(2)16-19(4)13(21)11(7)12(20)15-10-6-9(14(22)23-5)18(3)17-10/h6H,1-5H3,(H,15,17,20). The third-order valence-electron chi connectivity index (χ3n) is 3.47. The van der Waals surface area contributed by atoms with Crippen LogP contribution in [0.3, 0.4) is 0 Å². The predicted octanol–water partition coefficient (Wildman–Crippen LogP) is 0.170. The molecule has 122 valence electrons.